The van der Waals surface area contributed by atoms with Crippen LogP contribution in [-0.2, 0) is 5.88 Å². The van der Waals surface area contributed by atoms with E-state index in [2.05, 4.69) is 30.9 Å². The Morgan fingerprint density at radius 2 is 2.22 bits per heavy atom. The molecule has 18 heavy (non-hydrogen) atoms. The molecule has 2 bridgehead atoms. The fraction of sp³-hybridized carbons (Fsp3) is 0.667. The molecule has 2 fully saturated rings. The monoisotopic (exact) mass is 264 g/mol. The summed E-state index contributed by atoms with van der Waals surface area (Å²) >= 11 is 6.01. The number of pyridine rings is 1. The van der Waals surface area contributed by atoms with Crippen molar-refractivity contribution >= 4 is 17.4 Å². The maximum absolute atomic E-state index is 6.01. The van der Waals surface area contributed by atoms with Crippen molar-refractivity contribution in [1.82, 2.24) is 4.98 Å². The summed E-state index contributed by atoms with van der Waals surface area (Å²) in [6.45, 7) is 5.58. The van der Waals surface area contributed by atoms with Crippen LogP contribution in [0.15, 0.2) is 12.1 Å². The van der Waals surface area contributed by atoms with Crippen LogP contribution in [0.3, 0.4) is 0 Å². The largest absolute Gasteiger partial charge is 0.353 e. The summed E-state index contributed by atoms with van der Waals surface area (Å²) in [6, 6.07) is 5.06. The van der Waals surface area contributed by atoms with E-state index in [4.69, 9.17) is 16.6 Å². The summed E-state index contributed by atoms with van der Waals surface area (Å²) in [5.41, 5.74) is 2.37. The number of rotatable bonds is 3. The molecule has 0 radical (unpaired) electrons. The van der Waals surface area contributed by atoms with E-state index in [9.17, 15) is 0 Å². The highest BCUT2D eigenvalue weighted by atomic mass is 35.5. The molecule has 2 aliphatic rings. The average Bonchev–Trinajstić information content (AvgIpc) is 3.00. The second-order valence-electron chi connectivity index (χ2n) is 6.03. The van der Waals surface area contributed by atoms with Gasteiger partial charge in [-0.15, -0.1) is 11.6 Å². The van der Waals surface area contributed by atoms with Gasteiger partial charge in [0.2, 0.25) is 0 Å². The Bertz CT molecular complexity index is 444. The van der Waals surface area contributed by atoms with Crippen molar-refractivity contribution in [2.75, 3.05) is 11.4 Å². The van der Waals surface area contributed by atoms with Gasteiger partial charge < -0.3 is 4.90 Å². The lowest BCUT2D eigenvalue weighted by Gasteiger charge is -2.29. The summed E-state index contributed by atoms with van der Waals surface area (Å²) in [4.78, 5) is 7.36. The average molecular weight is 265 g/mol. The van der Waals surface area contributed by atoms with E-state index in [0.717, 1.165) is 17.8 Å². The van der Waals surface area contributed by atoms with Gasteiger partial charge in [0.15, 0.2) is 0 Å². The van der Waals surface area contributed by atoms with Crippen molar-refractivity contribution in [3.8, 4) is 0 Å². The predicted octanol–water partition coefficient (Wildman–Crippen LogP) is 3.93. The van der Waals surface area contributed by atoms with E-state index in [1.54, 1.807) is 0 Å². The molecule has 1 saturated heterocycles. The highest BCUT2D eigenvalue weighted by Crippen LogP contribution is 2.40. The molecule has 2 unspecified atom stereocenters. The highest BCUT2D eigenvalue weighted by Gasteiger charge is 2.38. The van der Waals surface area contributed by atoms with Gasteiger partial charge in [0, 0.05) is 24.2 Å². The maximum Gasteiger partial charge on any atom is 0.129 e. The molecule has 3 heteroatoms. The number of aromatic nitrogens is 1. The third kappa shape index (κ3) is 2.11. The number of fused-ring (bicyclic) bond motifs is 2. The summed E-state index contributed by atoms with van der Waals surface area (Å²) in [5, 5.41) is 0. The summed E-state index contributed by atoms with van der Waals surface area (Å²) in [5.74, 6) is 3.10. The van der Waals surface area contributed by atoms with Crippen LogP contribution in [0, 0.1) is 5.92 Å². The molecule has 1 aliphatic carbocycles. The number of piperidine rings is 1. The van der Waals surface area contributed by atoms with Gasteiger partial charge in [-0.05, 0) is 48.8 Å². The molecular formula is C15H21ClN2. The minimum atomic E-state index is 0.465. The zero-order chi connectivity index (χ0) is 12.7. The van der Waals surface area contributed by atoms with Crippen LogP contribution in [0.25, 0.3) is 0 Å². The normalized spacial score (nSPS) is 26.3. The Kier molecular flexibility index (Phi) is 3.23. The third-order valence-electron chi connectivity index (χ3n) is 4.34. The van der Waals surface area contributed by atoms with Crippen LogP contribution in [0.4, 0.5) is 5.82 Å². The molecule has 3 rings (SSSR count). The van der Waals surface area contributed by atoms with Crippen molar-refractivity contribution in [3.63, 3.8) is 0 Å². The Balaban J connectivity index is 1.93. The minimum absolute atomic E-state index is 0.465. The molecular weight excluding hydrogens is 244 g/mol. The molecule has 0 N–H and O–H groups in total. The van der Waals surface area contributed by atoms with Crippen molar-refractivity contribution < 1.29 is 0 Å². The summed E-state index contributed by atoms with van der Waals surface area (Å²) in [6.07, 6.45) is 4.12. The van der Waals surface area contributed by atoms with Crippen molar-refractivity contribution in [1.29, 1.82) is 0 Å². The molecule has 0 spiro atoms. The molecule has 1 aliphatic heterocycles. The maximum atomic E-state index is 6.01. The first-order chi connectivity index (χ1) is 8.67. The lowest BCUT2D eigenvalue weighted by atomic mass is 10.1. The van der Waals surface area contributed by atoms with E-state index in [1.165, 1.54) is 37.1 Å². The minimum Gasteiger partial charge on any atom is -0.353 e. The van der Waals surface area contributed by atoms with Gasteiger partial charge in [0.25, 0.3) is 0 Å². The second-order valence-corrected chi connectivity index (χ2v) is 6.30. The summed E-state index contributed by atoms with van der Waals surface area (Å²) in [7, 11) is 0. The third-order valence-corrected chi connectivity index (χ3v) is 4.65. The molecule has 1 saturated carbocycles. The first-order valence-electron chi connectivity index (χ1n) is 7.01. The van der Waals surface area contributed by atoms with Crippen molar-refractivity contribution in [2.24, 2.45) is 5.92 Å². The van der Waals surface area contributed by atoms with Gasteiger partial charge >= 0.3 is 0 Å². The topological polar surface area (TPSA) is 16.1 Å². The number of hydrogen-bond acceptors (Lipinski definition) is 2. The van der Waals surface area contributed by atoms with Crippen molar-refractivity contribution in [2.45, 2.75) is 50.9 Å². The molecule has 98 valence electrons. The van der Waals surface area contributed by atoms with Gasteiger partial charge in [0.1, 0.15) is 5.82 Å². The zero-order valence-corrected chi connectivity index (χ0v) is 12.0. The Labute approximate surface area is 114 Å². The van der Waals surface area contributed by atoms with Crippen LogP contribution in [0.5, 0.6) is 0 Å². The number of halogens is 1. The van der Waals surface area contributed by atoms with Gasteiger partial charge in [-0.1, -0.05) is 13.8 Å². The van der Waals surface area contributed by atoms with E-state index >= 15 is 0 Å². The van der Waals surface area contributed by atoms with Crippen LogP contribution in [-0.4, -0.2) is 17.6 Å². The summed E-state index contributed by atoms with van der Waals surface area (Å²) < 4.78 is 0. The number of alkyl halides is 1. The fourth-order valence-electron chi connectivity index (χ4n) is 3.32. The van der Waals surface area contributed by atoms with Gasteiger partial charge in [0.05, 0.1) is 0 Å². The molecule has 0 amide bonds. The lowest BCUT2D eigenvalue weighted by Crippen LogP contribution is -2.32. The van der Waals surface area contributed by atoms with Crippen molar-refractivity contribution in [3.05, 3.63) is 23.4 Å². The van der Waals surface area contributed by atoms with E-state index in [1.807, 2.05) is 0 Å². The first-order valence-corrected chi connectivity index (χ1v) is 7.54. The standard InChI is InChI=1S/C15H21ClN2/c1-10(2)14-6-12(8-16)7-15(17-14)18-9-11-3-4-13(18)5-11/h6-7,10-11,13H,3-5,8-9H2,1-2H3. The Morgan fingerprint density at radius 3 is 2.78 bits per heavy atom. The fourth-order valence-corrected chi connectivity index (χ4v) is 3.47. The first kappa shape index (κ1) is 12.3. The number of anilines is 1. The zero-order valence-electron chi connectivity index (χ0n) is 11.2. The van der Waals surface area contributed by atoms with Crippen LogP contribution in [0.2, 0.25) is 0 Å². The van der Waals surface area contributed by atoms with Crippen LogP contribution < -0.4 is 4.90 Å². The van der Waals surface area contributed by atoms with Gasteiger partial charge in [-0.25, -0.2) is 4.98 Å². The molecule has 1 aromatic rings. The number of nitrogens with zero attached hydrogens (tertiary/aromatic N) is 2. The SMILES string of the molecule is CC(C)c1cc(CCl)cc(N2CC3CCC2C3)n1. The smallest absolute Gasteiger partial charge is 0.129 e. The van der Waals surface area contributed by atoms with E-state index in [0.29, 0.717) is 11.8 Å². The number of hydrogen-bond donors (Lipinski definition) is 0. The molecule has 1 aromatic heterocycles. The second kappa shape index (κ2) is 4.73. The molecule has 2 heterocycles. The lowest BCUT2D eigenvalue weighted by molar-refractivity contribution is 0.549. The predicted molar refractivity (Wildman–Crippen MR) is 76.4 cm³/mol. The molecule has 2 atom stereocenters. The van der Waals surface area contributed by atoms with E-state index in [-0.39, 0.29) is 0 Å². The molecule has 2 nitrogen and oxygen atoms in total. The van der Waals surface area contributed by atoms with E-state index < -0.39 is 0 Å². The highest BCUT2D eigenvalue weighted by molar-refractivity contribution is 6.17. The van der Waals surface area contributed by atoms with Crippen LogP contribution in [0.1, 0.15) is 50.3 Å². The Hall–Kier alpha value is -0.760. The molecule has 0 aromatic carbocycles. The van der Waals surface area contributed by atoms with Gasteiger partial charge in [-0.3, -0.25) is 0 Å². The Morgan fingerprint density at radius 1 is 1.39 bits per heavy atom. The van der Waals surface area contributed by atoms with Crippen LogP contribution >= 0.6 is 11.6 Å². The quantitative estimate of drug-likeness (QED) is 0.769. The van der Waals surface area contributed by atoms with Gasteiger partial charge in [-0.2, -0.15) is 0 Å².